The van der Waals surface area contributed by atoms with Gasteiger partial charge in [0, 0.05) is 30.1 Å². The second-order valence-corrected chi connectivity index (χ2v) is 8.84. The molecule has 2 aliphatic rings. The molecule has 140 valence electrons. The van der Waals surface area contributed by atoms with Gasteiger partial charge in [-0.2, -0.15) is 0 Å². The van der Waals surface area contributed by atoms with E-state index in [4.69, 9.17) is 27.9 Å². The summed E-state index contributed by atoms with van der Waals surface area (Å²) in [4.78, 5) is 2.77. The van der Waals surface area contributed by atoms with E-state index >= 15 is 0 Å². The van der Waals surface area contributed by atoms with Crippen LogP contribution in [0, 0.1) is 11.8 Å². The number of unbranched alkanes of at least 4 members (excludes halogenated alkanes) is 1. The van der Waals surface area contributed by atoms with E-state index in [0.29, 0.717) is 28.0 Å². The van der Waals surface area contributed by atoms with E-state index in [1.807, 2.05) is 18.2 Å². The third-order valence-corrected chi connectivity index (χ3v) is 6.87. The highest BCUT2D eigenvalue weighted by molar-refractivity contribution is 6.42. The minimum Gasteiger partial charge on any atom is -0.493 e. The first-order valence-corrected chi connectivity index (χ1v) is 10.6. The Morgan fingerprint density at radius 1 is 1.20 bits per heavy atom. The van der Waals surface area contributed by atoms with E-state index in [0.717, 1.165) is 24.3 Å². The molecule has 0 spiro atoms. The van der Waals surface area contributed by atoms with E-state index in [-0.39, 0.29) is 0 Å². The molecule has 4 heteroatoms. The standard InChI is InChI=1S/C21H31Cl2NO/c1-4-5-6-15-11-16-7-10-21(24(16)14(2)3)18(15)13-25-17-8-9-19(22)20(23)12-17/h8-9,12,14-16,18,21H,4-7,10-11,13H2,1-3H3. The third kappa shape index (κ3) is 4.28. The van der Waals surface area contributed by atoms with Gasteiger partial charge >= 0.3 is 0 Å². The molecule has 0 aromatic heterocycles. The van der Waals surface area contributed by atoms with Crippen molar-refractivity contribution in [1.29, 1.82) is 0 Å². The molecule has 1 aromatic carbocycles. The molecule has 4 unspecified atom stereocenters. The van der Waals surface area contributed by atoms with Crippen molar-refractivity contribution < 1.29 is 4.74 Å². The normalized spacial score (nSPS) is 29.4. The summed E-state index contributed by atoms with van der Waals surface area (Å²) in [7, 11) is 0. The minimum absolute atomic E-state index is 0.565. The van der Waals surface area contributed by atoms with Gasteiger partial charge < -0.3 is 4.74 Å². The van der Waals surface area contributed by atoms with Crippen LogP contribution in [0.25, 0.3) is 0 Å². The van der Waals surface area contributed by atoms with Gasteiger partial charge in [0.1, 0.15) is 5.75 Å². The SMILES string of the molecule is CCCCC1CC2CCC(C1COc1ccc(Cl)c(Cl)c1)N2C(C)C. The summed E-state index contributed by atoms with van der Waals surface area (Å²) in [6.45, 7) is 7.76. The number of ether oxygens (including phenoxy) is 1. The molecule has 2 aliphatic heterocycles. The van der Waals surface area contributed by atoms with Gasteiger partial charge in [-0.25, -0.2) is 0 Å². The van der Waals surface area contributed by atoms with Gasteiger partial charge in [0.15, 0.2) is 0 Å². The molecule has 4 atom stereocenters. The molecule has 25 heavy (non-hydrogen) atoms. The van der Waals surface area contributed by atoms with Crippen LogP contribution in [-0.4, -0.2) is 29.6 Å². The number of fused-ring (bicyclic) bond motifs is 2. The number of benzene rings is 1. The zero-order valence-electron chi connectivity index (χ0n) is 15.7. The maximum atomic E-state index is 6.20. The number of rotatable bonds is 7. The van der Waals surface area contributed by atoms with Gasteiger partial charge in [0.2, 0.25) is 0 Å². The van der Waals surface area contributed by atoms with E-state index in [2.05, 4.69) is 25.7 Å². The molecule has 0 aliphatic carbocycles. The molecule has 2 heterocycles. The zero-order chi connectivity index (χ0) is 18.0. The average molecular weight is 384 g/mol. The molecule has 0 saturated carbocycles. The third-order valence-electron chi connectivity index (χ3n) is 6.13. The summed E-state index contributed by atoms with van der Waals surface area (Å²) >= 11 is 12.2. The molecule has 3 rings (SSSR count). The molecule has 2 saturated heterocycles. The fourth-order valence-corrected chi connectivity index (χ4v) is 5.34. The van der Waals surface area contributed by atoms with Crippen LogP contribution in [0.4, 0.5) is 0 Å². The highest BCUT2D eigenvalue weighted by Crippen LogP contribution is 2.45. The van der Waals surface area contributed by atoms with Crippen LogP contribution in [0.2, 0.25) is 10.0 Å². The fourth-order valence-electron chi connectivity index (χ4n) is 5.05. The summed E-state index contributed by atoms with van der Waals surface area (Å²) in [5.41, 5.74) is 0. The molecular formula is C21H31Cl2NO. The number of hydrogen-bond acceptors (Lipinski definition) is 2. The van der Waals surface area contributed by atoms with Gasteiger partial charge in [-0.05, 0) is 57.6 Å². The Labute approximate surface area is 162 Å². The summed E-state index contributed by atoms with van der Waals surface area (Å²) in [5.74, 6) is 2.23. The second-order valence-electron chi connectivity index (χ2n) is 8.03. The Hall–Kier alpha value is -0.440. The van der Waals surface area contributed by atoms with Crippen LogP contribution in [0.1, 0.15) is 59.3 Å². The van der Waals surface area contributed by atoms with Crippen molar-refractivity contribution >= 4 is 23.2 Å². The van der Waals surface area contributed by atoms with Crippen molar-refractivity contribution in [3.05, 3.63) is 28.2 Å². The van der Waals surface area contributed by atoms with E-state index in [1.165, 1.54) is 38.5 Å². The molecule has 0 N–H and O–H groups in total. The van der Waals surface area contributed by atoms with Crippen LogP contribution in [-0.2, 0) is 0 Å². The molecule has 2 fully saturated rings. The molecular weight excluding hydrogens is 353 g/mol. The van der Waals surface area contributed by atoms with Gasteiger partial charge in [-0.1, -0.05) is 43.0 Å². The number of piperidine rings is 1. The first-order valence-electron chi connectivity index (χ1n) is 9.86. The summed E-state index contributed by atoms with van der Waals surface area (Å²) in [6.07, 6.45) is 7.96. The molecule has 1 aromatic rings. The van der Waals surface area contributed by atoms with Crippen LogP contribution in [0.15, 0.2) is 18.2 Å². The summed E-state index contributed by atoms with van der Waals surface area (Å²) in [5, 5.41) is 1.15. The maximum Gasteiger partial charge on any atom is 0.120 e. The van der Waals surface area contributed by atoms with Crippen LogP contribution >= 0.6 is 23.2 Å². The molecule has 2 bridgehead atoms. The lowest BCUT2D eigenvalue weighted by atomic mass is 9.77. The zero-order valence-corrected chi connectivity index (χ0v) is 17.2. The van der Waals surface area contributed by atoms with Crippen molar-refractivity contribution in [3.63, 3.8) is 0 Å². The van der Waals surface area contributed by atoms with Crippen molar-refractivity contribution in [3.8, 4) is 5.75 Å². The lowest BCUT2D eigenvalue weighted by Crippen LogP contribution is -2.53. The van der Waals surface area contributed by atoms with E-state index in [9.17, 15) is 0 Å². The molecule has 0 radical (unpaired) electrons. The Balaban J connectivity index is 1.72. The van der Waals surface area contributed by atoms with Gasteiger partial charge in [0.05, 0.1) is 16.7 Å². The Morgan fingerprint density at radius 2 is 2.00 bits per heavy atom. The molecule has 0 amide bonds. The Kier molecular flexibility index (Phi) is 6.57. The average Bonchev–Trinajstić information content (AvgIpc) is 2.91. The second kappa shape index (κ2) is 8.50. The quantitative estimate of drug-likeness (QED) is 0.536. The van der Waals surface area contributed by atoms with Crippen molar-refractivity contribution in [2.24, 2.45) is 11.8 Å². The maximum absolute atomic E-state index is 6.20. The summed E-state index contributed by atoms with van der Waals surface area (Å²) in [6, 6.07) is 7.66. The smallest absolute Gasteiger partial charge is 0.120 e. The lowest BCUT2D eigenvalue weighted by Gasteiger charge is -2.46. The van der Waals surface area contributed by atoms with Crippen LogP contribution in [0.3, 0.4) is 0 Å². The monoisotopic (exact) mass is 383 g/mol. The van der Waals surface area contributed by atoms with E-state index in [1.54, 1.807) is 0 Å². The van der Waals surface area contributed by atoms with Gasteiger partial charge in [-0.15, -0.1) is 0 Å². The van der Waals surface area contributed by atoms with Crippen LogP contribution < -0.4 is 4.74 Å². The predicted octanol–water partition coefficient (Wildman–Crippen LogP) is 6.44. The number of halogens is 2. The number of nitrogens with zero attached hydrogens (tertiary/aromatic N) is 1. The first kappa shape index (κ1) is 19.3. The lowest BCUT2D eigenvalue weighted by molar-refractivity contribution is -0.00129. The largest absolute Gasteiger partial charge is 0.493 e. The van der Waals surface area contributed by atoms with Gasteiger partial charge in [-0.3, -0.25) is 4.90 Å². The fraction of sp³-hybridized carbons (Fsp3) is 0.714. The topological polar surface area (TPSA) is 12.5 Å². The Bertz CT molecular complexity index is 577. The minimum atomic E-state index is 0.565. The highest BCUT2D eigenvalue weighted by Gasteiger charge is 2.47. The van der Waals surface area contributed by atoms with Gasteiger partial charge in [0.25, 0.3) is 0 Å². The van der Waals surface area contributed by atoms with Crippen molar-refractivity contribution in [1.82, 2.24) is 4.90 Å². The van der Waals surface area contributed by atoms with Crippen LogP contribution in [0.5, 0.6) is 5.75 Å². The van der Waals surface area contributed by atoms with E-state index < -0.39 is 0 Å². The number of hydrogen-bond donors (Lipinski definition) is 0. The Morgan fingerprint density at radius 3 is 2.68 bits per heavy atom. The van der Waals surface area contributed by atoms with Crippen molar-refractivity contribution in [2.75, 3.05) is 6.61 Å². The highest BCUT2D eigenvalue weighted by atomic mass is 35.5. The first-order chi connectivity index (χ1) is 12.0. The molecule has 2 nitrogen and oxygen atoms in total. The summed E-state index contributed by atoms with van der Waals surface area (Å²) < 4.78 is 6.20. The van der Waals surface area contributed by atoms with Crippen molar-refractivity contribution in [2.45, 2.75) is 77.4 Å². The predicted molar refractivity (Wildman–Crippen MR) is 107 cm³/mol.